The highest BCUT2D eigenvalue weighted by atomic mass is 19.3. The number of hydrazine groups is 1. The standard InChI is InChI=1S/C27H40F2N8/c1-30-15-19(16-31-2)21-13-18-5-4-11-36(25(18)14-22(21)26(28)29)27-23-17-35(32-3)12-8-24(23)37(34-27)20-6-9-33-10-7-20/h13-15,20,26,30-33H,4-12,16-17H2,1-3H3/b19-15+. The van der Waals surface area contributed by atoms with E-state index in [2.05, 4.69) is 36.0 Å². The van der Waals surface area contributed by atoms with Crippen molar-refractivity contribution in [3.63, 3.8) is 0 Å². The number of benzene rings is 1. The van der Waals surface area contributed by atoms with Crippen molar-refractivity contribution >= 4 is 17.1 Å². The van der Waals surface area contributed by atoms with Crippen LogP contribution in [-0.2, 0) is 19.4 Å². The molecule has 0 radical (unpaired) electrons. The maximum Gasteiger partial charge on any atom is 0.264 e. The van der Waals surface area contributed by atoms with Crippen LogP contribution >= 0.6 is 0 Å². The van der Waals surface area contributed by atoms with Crippen LogP contribution in [-0.4, -0.2) is 68.7 Å². The van der Waals surface area contributed by atoms with E-state index in [0.29, 0.717) is 18.2 Å². The van der Waals surface area contributed by atoms with E-state index >= 15 is 0 Å². The monoisotopic (exact) mass is 514 g/mol. The van der Waals surface area contributed by atoms with E-state index in [9.17, 15) is 8.78 Å². The molecule has 8 nitrogen and oxygen atoms in total. The van der Waals surface area contributed by atoms with Crippen LogP contribution in [0.4, 0.5) is 20.3 Å². The topological polar surface area (TPSA) is 72.4 Å². The van der Waals surface area contributed by atoms with Crippen LogP contribution in [0, 0.1) is 0 Å². The summed E-state index contributed by atoms with van der Waals surface area (Å²) in [6.45, 7) is 4.98. The molecule has 2 aromatic rings. The van der Waals surface area contributed by atoms with Gasteiger partial charge < -0.3 is 20.9 Å². The van der Waals surface area contributed by atoms with Gasteiger partial charge in [0, 0.05) is 68.4 Å². The molecule has 0 unspecified atom stereocenters. The molecule has 4 heterocycles. The fraction of sp³-hybridized carbons (Fsp3) is 0.593. The van der Waals surface area contributed by atoms with Gasteiger partial charge in [-0.05, 0) is 81.7 Å². The van der Waals surface area contributed by atoms with Crippen LogP contribution in [0.3, 0.4) is 0 Å². The van der Waals surface area contributed by atoms with E-state index in [1.807, 2.05) is 26.4 Å². The Morgan fingerprint density at radius 3 is 2.68 bits per heavy atom. The molecular weight excluding hydrogens is 474 g/mol. The summed E-state index contributed by atoms with van der Waals surface area (Å²) < 4.78 is 31.2. The summed E-state index contributed by atoms with van der Waals surface area (Å²) in [5.74, 6) is 0.934. The van der Waals surface area contributed by atoms with E-state index in [4.69, 9.17) is 5.10 Å². The molecule has 4 N–H and O–H groups in total. The molecule has 1 aromatic carbocycles. The third kappa shape index (κ3) is 5.12. The Balaban J connectivity index is 1.61. The second-order valence-corrected chi connectivity index (χ2v) is 10.2. The zero-order chi connectivity index (χ0) is 25.9. The van der Waals surface area contributed by atoms with Gasteiger partial charge in [0.1, 0.15) is 0 Å². The van der Waals surface area contributed by atoms with Crippen molar-refractivity contribution in [1.82, 2.24) is 36.2 Å². The first-order chi connectivity index (χ1) is 18.0. The van der Waals surface area contributed by atoms with Gasteiger partial charge in [-0.3, -0.25) is 10.1 Å². The molecule has 202 valence electrons. The van der Waals surface area contributed by atoms with Crippen LogP contribution in [0.1, 0.15) is 59.7 Å². The zero-order valence-corrected chi connectivity index (χ0v) is 22.2. The average molecular weight is 515 g/mol. The Hall–Kier alpha value is -2.53. The maximum absolute atomic E-state index is 14.5. The number of alkyl halides is 2. The summed E-state index contributed by atoms with van der Waals surface area (Å²) in [6.07, 6.45) is 4.12. The van der Waals surface area contributed by atoms with Gasteiger partial charge in [-0.1, -0.05) is 0 Å². The number of aryl methyl sites for hydroxylation is 1. The second-order valence-electron chi connectivity index (χ2n) is 10.2. The molecule has 0 amide bonds. The molecule has 0 atom stereocenters. The number of anilines is 2. The summed E-state index contributed by atoms with van der Waals surface area (Å²) in [5, 5.41) is 17.1. The van der Waals surface area contributed by atoms with Crippen LogP contribution in [0.5, 0.6) is 0 Å². The number of piperidine rings is 1. The molecule has 1 fully saturated rings. The molecular formula is C27H40F2N8. The highest BCUT2D eigenvalue weighted by Crippen LogP contribution is 2.42. The van der Waals surface area contributed by atoms with Gasteiger partial charge in [0.05, 0.1) is 6.04 Å². The number of nitrogens with one attached hydrogen (secondary N) is 4. The lowest BCUT2D eigenvalue weighted by Crippen LogP contribution is -2.40. The summed E-state index contributed by atoms with van der Waals surface area (Å²) in [4.78, 5) is 2.21. The van der Waals surface area contributed by atoms with Crippen LogP contribution in [0.15, 0.2) is 18.3 Å². The SMILES string of the molecule is CN/C=C(\CNC)c1cc2c(cc1C(F)F)N(c1nn(C3CCNCC3)c3c1CN(NC)CC3)CCC2. The fourth-order valence-corrected chi connectivity index (χ4v) is 6.11. The molecule has 0 saturated carbocycles. The first kappa shape index (κ1) is 26.1. The fourth-order valence-electron chi connectivity index (χ4n) is 6.11. The third-order valence-corrected chi connectivity index (χ3v) is 7.93. The summed E-state index contributed by atoms with van der Waals surface area (Å²) in [7, 11) is 5.59. The van der Waals surface area contributed by atoms with Gasteiger partial charge in [0.25, 0.3) is 6.43 Å². The Morgan fingerprint density at radius 2 is 1.97 bits per heavy atom. The molecule has 5 rings (SSSR count). The number of halogens is 2. The van der Waals surface area contributed by atoms with Gasteiger partial charge in [0.15, 0.2) is 5.82 Å². The number of aromatic nitrogens is 2. The molecule has 10 heteroatoms. The molecule has 1 aromatic heterocycles. The molecule has 37 heavy (non-hydrogen) atoms. The van der Waals surface area contributed by atoms with Crippen LogP contribution in [0.2, 0.25) is 0 Å². The Bertz CT molecular complexity index is 1120. The largest absolute Gasteiger partial charge is 0.394 e. The minimum Gasteiger partial charge on any atom is -0.394 e. The summed E-state index contributed by atoms with van der Waals surface area (Å²) >= 11 is 0. The van der Waals surface area contributed by atoms with E-state index < -0.39 is 6.43 Å². The molecule has 0 bridgehead atoms. The van der Waals surface area contributed by atoms with Crippen molar-refractivity contribution < 1.29 is 8.78 Å². The van der Waals surface area contributed by atoms with Crippen LogP contribution in [0.25, 0.3) is 5.57 Å². The Labute approximate surface area is 218 Å². The first-order valence-corrected chi connectivity index (χ1v) is 13.5. The smallest absolute Gasteiger partial charge is 0.264 e. The van der Waals surface area contributed by atoms with Gasteiger partial charge in [-0.2, -0.15) is 5.10 Å². The van der Waals surface area contributed by atoms with Crippen molar-refractivity contribution in [2.75, 3.05) is 58.8 Å². The minimum atomic E-state index is -2.57. The van der Waals surface area contributed by atoms with Gasteiger partial charge >= 0.3 is 0 Å². The van der Waals surface area contributed by atoms with E-state index in [1.165, 1.54) is 11.3 Å². The minimum absolute atomic E-state index is 0.0749. The Kier molecular flexibility index (Phi) is 8.09. The number of likely N-dealkylation sites (N-methyl/N-ethyl adjacent to an activating group) is 1. The number of hydrogen-bond donors (Lipinski definition) is 4. The van der Waals surface area contributed by atoms with Gasteiger partial charge in [-0.25, -0.2) is 13.8 Å². The summed E-state index contributed by atoms with van der Waals surface area (Å²) in [5.41, 5.74) is 9.33. The van der Waals surface area contributed by atoms with Crippen molar-refractivity contribution in [3.05, 3.63) is 46.3 Å². The predicted molar refractivity (Wildman–Crippen MR) is 144 cm³/mol. The van der Waals surface area contributed by atoms with E-state index in [-0.39, 0.29) is 5.56 Å². The van der Waals surface area contributed by atoms with Crippen molar-refractivity contribution in [2.45, 2.75) is 51.1 Å². The van der Waals surface area contributed by atoms with E-state index in [1.54, 1.807) is 13.1 Å². The van der Waals surface area contributed by atoms with Crippen LogP contribution < -0.4 is 26.3 Å². The molecule has 0 spiro atoms. The zero-order valence-electron chi connectivity index (χ0n) is 22.2. The normalized spacial score (nSPS) is 19.3. The highest BCUT2D eigenvalue weighted by Gasteiger charge is 2.33. The average Bonchev–Trinajstić information content (AvgIpc) is 3.31. The molecule has 1 saturated heterocycles. The van der Waals surface area contributed by atoms with Gasteiger partial charge in [-0.15, -0.1) is 0 Å². The van der Waals surface area contributed by atoms with Crippen molar-refractivity contribution in [3.8, 4) is 0 Å². The number of fused-ring (bicyclic) bond motifs is 2. The Morgan fingerprint density at radius 1 is 1.16 bits per heavy atom. The lowest BCUT2D eigenvalue weighted by molar-refractivity contribution is 0.151. The first-order valence-electron chi connectivity index (χ1n) is 13.5. The quantitative estimate of drug-likeness (QED) is 0.432. The molecule has 3 aliphatic heterocycles. The van der Waals surface area contributed by atoms with Gasteiger partial charge in [0.2, 0.25) is 0 Å². The number of rotatable bonds is 8. The number of hydrogen-bond acceptors (Lipinski definition) is 7. The molecule has 3 aliphatic rings. The summed E-state index contributed by atoms with van der Waals surface area (Å²) in [6, 6.07) is 4.09. The highest BCUT2D eigenvalue weighted by molar-refractivity contribution is 5.77. The second kappa shape index (κ2) is 11.5. The molecule has 0 aliphatic carbocycles. The predicted octanol–water partition coefficient (Wildman–Crippen LogP) is 3.10. The lowest BCUT2D eigenvalue weighted by Gasteiger charge is -2.33. The lowest BCUT2D eigenvalue weighted by atomic mass is 9.91. The third-order valence-electron chi connectivity index (χ3n) is 7.93. The van der Waals surface area contributed by atoms with Crippen molar-refractivity contribution in [2.24, 2.45) is 0 Å². The maximum atomic E-state index is 14.5. The van der Waals surface area contributed by atoms with Crippen molar-refractivity contribution in [1.29, 1.82) is 0 Å². The van der Waals surface area contributed by atoms with E-state index in [0.717, 1.165) is 87.5 Å². The number of nitrogens with zero attached hydrogens (tertiary/aromatic N) is 4.